The Balaban J connectivity index is 0.00000338. The molecule has 0 radical (unpaired) electrons. The van der Waals surface area contributed by atoms with Crippen molar-refractivity contribution in [3.63, 3.8) is 0 Å². The molecule has 1 aromatic heterocycles. The highest BCUT2D eigenvalue weighted by Crippen LogP contribution is 2.29. The van der Waals surface area contributed by atoms with Crippen LogP contribution in [0.1, 0.15) is 43.7 Å². The summed E-state index contributed by atoms with van der Waals surface area (Å²) in [7, 11) is 0. The molecular formula is C19H28BrIN4O. The van der Waals surface area contributed by atoms with E-state index in [0.717, 1.165) is 35.0 Å². The lowest BCUT2D eigenvalue weighted by Gasteiger charge is -2.27. The van der Waals surface area contributed by atoms with Crippen molar-refractivity contribution in [2.24, 2.45) is 4.99 Å². The second-order valence-electron chi connectivity index (χ2n) is 6.66. The van der Waals surface area contributed by atoms with Crippen LogP contribution in [0.25, 0.3) is 0 Å². The lowest BCUT2D eigenvalue weighted by atomic mass is 9.84. The number of aromatic nitrogens is 1. The largest absolute Gasteiger partial charge is 0.444 e. The van der Waals surface area contributed by atoms with Crippen molar-refractivity contribution in [3.05, 3.63) is 51.6 Å². The van der Waals surface area contributed by atoms with Gasteiger partial charge in [-0.15, -0.1) is 24.0 Å². The number of nitrogens with zero attached hydrogens (tertiary/aromatic N) is 2. The molecular weight excluding hydrogens is 507 g/mol. The van der Waals surface area contributed by atoms with Crippen LogP contribution in [0.15, 0.2) is 38.1 Å². The summed E-state index contributed by atoms with van der Waals surface area (Å²) in [6.45, 7) is 12.3. The third kappa shape index (κ3) is 6.26. The van der Waals surface area contributed by atoms with Crippen molar-refractivity contribution in [2.75, 3.05) is 13.1 Å². The van der Waals surface area contributed by atoms with Crippen molar-refractivity contribution < 1.29 is 4.42 Å². The van der Waals surface area contributed by atoms with Gasteiger partial charge in [0.2, 0.25) is 5.89 Å². The molecule has 0 fully saturated rings. The fourth-order valence-corrected chi connectivity index (χ4v) is 3.33. The first kappa shape index (κ1) is 23.0. The Morgan fingerprint density at radius 2 is 1.92 bits per heavy atom. The van der Waals surface area contributed by atoms with Gasteiger partial charge < -0.3 is 15.1 Å². The molecule has 0 aliphatic heterocycles. The van der Waals surface area contributed by atoms with E-state index in [-0.39, 0.29) is 29.4 Å². The Kier molecular flexibility index (Phi) is 9.09. The molecule has 7 heteroatoms. The van der Waals surface area contributed by atoms with E-state index in [0.29, 0.717) is 12.4 Å². The zero-order valence-corrected chi connectivity index (χ0v) is 19.9. The van der Waals surface area contributed by atoms with E-state index in [9.17, 15) is 0 Å². The van der Waals surface area contributed by atoms with Gasteiger partial charge in [-0.2, -0.15) is 0 Å². The van der Waals surface area contributed by atoms with Crippen LogP contribution >= 0.6 is 39.9 Å². The molecule has 1 heterocycles. The maximum atomic E-state index is 5.59. The molecule has 2 N–H and O–H groups in total. The van der Waals surface area contributed by atoms with Gasteiger partial charge >= 0.3 is 0 Å². The highest BCUT2D eigenvalue weighted by molar-refractivity contribution is 14.0. The van der Waals surface area contributed by atoms with Crippen LogP contribution < -0.4 is 10.6 Å². The number of hydrogen-bond acceptors (Lipinski definition) is 3. The van der Waals surface area contributed by atoms with Gasteiger partial charge in [0.1, 0.15) is 12.3 Å². The van der Waals surface area contributed by atoms with Gasteiger partial charge in [0.05, 0.1) is 5.69 Å². The summed E-state index contributed by atoms with van der Waals surface area (Å²) in [4.78, 5) is 8.96. The Labute approximate surface area is 181 Å². The summed E-state index contributed by atoms with van der Waals surface area (Å²) in [5.41, 5.74) is 2.13. The quantitative estimate of drug-likeness (QED) is 0.320. The minimum Gasteiger partial charge on any atom is -0.444 e. The first-order valence-electron chi connectivity index (χ1n) is 8.53. The molecule has 0 aliphatic rings. The number of rotatable bonds is 6. The molecule has 5 nitrogen and oxygen atoms in total. The molecule has 0 atom stereocenters. The third-order valence-electron chi connectivity index (χ3n) is 4.09. The molecule has 26 heavy (non-hydrogen) atoms. The molecule has 2 aromatic rings. The molecule has 0 aliphatic carbocycles. The minimum absolute atomic E-state index is 0. The fraction of sp³-hybridized carbons (Fsp3) is 0.474. The van der Waals surface area contributed by atoms with Crippen LogP contribution in [-0.2, 0) is 12.0 Å². The summed E-state index contributed by atoms with van der Waals surface area (Å²) in [6.07, 6.45) is 0. The molecule has 0 amide bonds. The monoisotopic (exact) mass is 534 g/mol. The molecule has 0 saturated carbocycles. The van der Waals surface area contributed by atoms with E-state index in [1.807, 2.05) is 19.9 Å². The Hall–Kier alpha value is -1.09. The number of oxazole rings is 1. The second kappa shape index (κ2) is 10.3. The van der Waals surface area contributed by atoms with Crippen LogP contribution in [0.5, 0.6) is 0 Å². The molecule has 0 spiro atoms. The lowest BCUT2D eigenvalue weighted by Crippen LogP contribution is -2.43. The fourth-order valence-electron chi connectivity index (χ4n) is 2.51. The average molecular weight is 535 g/mol. The molecule has 2 rings (SSSR count). The van der Waals surface area contributed by atoms with Crippen molar-refractivity contribution in [3.8, 4) is 0 Å². The van der Waals surface area contributed by atoms with E-state index in [1.54, 1.807) is 0 Å². The standard InChI is InChI=1S/C19H27BrN4O.HI/c1-6-21-18(22-11-17-24-13(2)14(3)25-17)23-12-19(4,5)15-9-7-8-10-16(15)20;/h7-10H,6,11-12H2,1-5H3,(H2,21,22,23);1H. The molecule has 0 bridgehead atoms. The number of nitrogens with one attached hydrogen (secondary N) is 2. The van der Waals surface area contributed by atoms with Gasteiger partial charge in [-0.3, -0.25) is 0 Å². The van der Waals surface area contributed by atoms with Crippen LogP contribution in [0, 0.1) is 13.8 Å². The average Bonchev–Trinajstić information content (AvgIpc) is 2.88. The summed E-state index contributed by atoms with van der Waals surface area (Å²) >= 11 is 3.65. The molecule has 1 aromatic carbocycles. The van der Waals surface area contributed by atoms with Gasteiger partial charge in [0, 0.05) is 23.0 Å². The SMILES string of the molecule is CCNC(=NCc1nc(C)c(C)o1)NCC(C)(C)c1ccccc1Br.I. The van der Waals surface area contributed by atoms with E-state index in [4.69, 9.17) is 4.42 Å². The zero-order valence-electron chi connectivity index (χ0n) is 16.0. The minimum atomic E-state index is -0.0492. The normalized spacial score (nSPS) is 11.8. The number of halogens is 2. The number of aryl methyl sites for hydroxylation is 2. The summed E-state index contributed by atoms with van der Waals surface area (Å²) in [5, 5.41) is 6.70. The summed E-state index contributed by atoms with van der Waals surface area (Å²) in [6, 6.07) is 8.31. The highest BCUT2D eigenvalue weighted by Gasteiger charge is 2.23. The highest BCUT2D eigenvalue weighted by atomic mass is 127. The van der Waals surface area contributed by atoms with E-state index in [2.05, 4.69) is 75.5 Å². The number of aliphatic imine (C=N–C) groups is 1. The second-order valence-corrected chi connectivity index (χ2v) is 7.52. The summed E-state index contributed by atoms with van der Waals surface area (Å²) < 4.78 is 6.71. The van der Waals surface area contributed by atoms with Gasteiger partial charge in [-0.05, 0) is 32.4 Å². The maximum absolute atomic E-state index is 5.59. The van der Waals surface area contributed by atoms with Gasteiger partial charge in [0.25, 0.3) is 0 Å². The van der Waals surface area contributed by atoms with Crippen molar-refractivity contribution in [1.29, 1.82) is 0 Å². The van der Waals surface area contributed by atoms with Crippen LogP contribution in [0.2, 0.25) is 0 Å². The zero-order chi connectivity index (χ0) is 18.4. The molecule has 144 valence electrons. The van der Waals surface area contributed by atoms with Crippen molar-refractivity contribution in [2.45, 2.75) is 46.6 Å². The van der Waals surface area contributed by atoms with Gasteiger partial charge in [0.15, 0.2) is 5.96 Å². The number of guanidine groups is 1. The molecule has 0 saturated heterocycles. The topological polar surface area (TPSA) is 62.5 Å². The first-order chi connectivity index (χ1) is 11.8. The predicted molar refractivity (Wildman–Crippen MR) is 121 cm³/mol. The van der Waals surface area contributed by atoms with E-state index in [1.165, 1.54) is 5.56 Å². The smallest absolute Gasteiger partial charge is 0.216 e. The van der Waals surface area contributed by atoms with E-state index >= 15 is 0 Å². The first-order valence-corrected chi connectivity index (χ1v) is 9.33. The van der Waals surface area contributed by atoms with Crippen LogP contribution in [0.3, 0.4) is 0 Å². The van der Waals surface area contributed by atoms with Crippen LogP contribution in [-0.4, -0.2) is 24.0 Å². The maximum Gasteiger partial charge on any atom is 0.216 e. The Morgan fingerprint density at radius 3 is 2.50 bits per heavy atom. The Morgan fingerprint density at radius 1 is 1.23 bits per heavy atom. The predicted octanol–water partition coefficient (Wildman–Crippen LogP) is 4.70. The lowest BCUT2D eigenvalue weighted by molar-refractivity contribution is 0.471. The number of hydrogen-bond donors (Lipinski definition) is 2. The number of benzene rings is 1. The van der Waals surface area contributed by atoms with Crippen molar-refractivity contribution in [1.82, 2.24) is 15.6 Å². The van der Waals surface area contributed by atoms with Crippen molar-refractivity contribution >= 4 is 45.9 Å². The molecule has 0 unspecified atom stereocenters. The summed E-state index contributed by atoms with van der Waals surface area (Å²) in [5.74, 6) is 2.24. The Bertz CT molecular complexity index is 723. The van der Waals surface area contributed by atoms with E-state index < -0.39 is 0 Å². The van der Waals surface area contributed by atoms with Gasteiger partial charge in [-0.25, -0.2) is 9.98 Å². The van der Waals surface area contributed by atoms with Gasteiger partial charge in [-0.1, -0.05) is 48.0 Å². The third-order valence-corrected chi connectivity index (χ3v) is 4.78. The van der Waals surface area contributed by atoms with Crippen LogP contribution in [0.4, 0.5) is 0 Å².